The Morgan fingerprint density at radius 3 is 2.72 bits per heavy atom. The summed E-state index contributed by atoms with van der Waals surface area (Å²) in [5, 5.41) is 5.25. The van der Waals surface area contributed by atoms with Crippen LogP contribution in [-0.2, 0) is 0 Å². The Balaban J connectivity index is 2.24. The smallest absolute Gasteiger partial charge is 0.257 e. The van der Waals surface area contributed by atoms with Crippen molar-refractivity contribution in [1.29, 1.82) is 0 Å². The summed E-state index contributed by atoms with van der Waals surface area (Å²) in [5.74, 6) is 0.0927. The van der Waals surface area contributed by atoms with Gasteiger partial charge in [0.25, 0.3) is 5.91 Å². The van der Waals surface area contributed by atoms with Gasteiger partial charge in [0, 0.05) is 5.38 Å². The predicted molar refractivity (Wildman–Crippen MR) is 84.0 cm³/mol. The number of anilines is 1. The second kappa shape index (κ2) is 5.73. The van der Waals surface area contributed by atoms with Gasteiger partial charge in [-0.05, 0) is 41.6 Å². The third-order valence-electron chi connectivity index (χ3n) is 2.17. The zero-order chi connectivity index (χ0) is 13.3. The topological polar surface area (TPSA) is 42.0 Å². The van der Waals surface area contributed by atoms with Crippen molar-refractivity contribution in [3.8, 4) is 0 Å². The lowest BCUT2D eigenvalue weighted by Gasteiger charge is -2.07. The van der Waals surface area contributed by atoms with Gasteiger partial charge in [-0.3, -0.25) is 4.79 Å². The van der Waals surface area contributed by atoms with Gasteiger partial charge in [-0.15, -0.1) is 11.3 Å². The van der Waals surface area contributed by atoms with Gasteiger partial charge in [0.2, 0.25) is 0 Å². The van der Waals surface area contributed by atoms with Crippen LogP contribution < -0.4 is 5.32 Å². The summed E-state index contributed by atoms with van der Waals surface area (Å²) in [6.45, 7) is 1.75. The molecular weight excluding hydrogens is 406 g/mol. The minimum atomic E-state index is -0.231. The molecule has 0 aliphatic heterocycles. The number of halogens is 3. The van der Waals surface area contributed by atoms with Crippen LogP contribution in [0.2, 0.25) is 10.0 Å². The zero-order valence-electron chi connectivity index (χ0n) is 9.13. The normalized spacial score (nSPS) is 10.4. The minimum absolute atomic E-state index is 0.231. The van der Waals surface area contributed by atoms with Crippen LogP contribution in [0.1, 0.15) is 16.1 Å². The largest absolute Gasteiger partial charge is 0.305 e. The Morgan fingerprint density at radius 2 is 2.11 bits per heavy atom. The van der Waals surface area contributed by atoms with Gasteiger partial charge in [-0.25, -0.2) is 4.98 Å². The van der Waals surface area contributed by atoms with E-state index >= 15 is 0 Å². The van der Waals surface area contributed by atoms with Crippen LogP contribution in [0, 0.1) is 9.81 Å². The maximum atomic E-state index is 11.9. The van der Waals surface area contributed by atoms with E-state index in [0.29, 0.717) is 27.1 Å². The fraction of sp³-hybridized carbons (Fsp3) is 0.0909. The van der Waals surface area contributed by atoms with Crippen molar-refractivity contribution in [2.24, 2.45) is 0 Å². The summed E-state index contributed by atoms with van der Waals surface area (Å²) in [7, 11) is 0. The van der Waals surface area contributed by atoms with E-state index in [1.165, 1.54) is 11.3 Å². The lowest BCUT2D eigenvalue weighted by Crippen LogP contribution is -2.12. The van der Waals surface area contributed by atoms with E-state index in [9.17, 15) is 4.79 Å². The van der Waals surface area contributed by atoms with Crippen LogP contribution in [0.5, 0.6) is 0 Å². The van der Waals surface area contributed by atoms with Gasteiger partial charge in [0.15, 0.2) is 5.82 Å². The zero-order valence-corrected chi connectivity index (χ0v) is 13.6. The number of hydrogen-bond donors (Lipinski definition) is 1. The summed E-state index contributed by atoms with van der Waals surface area (Å²) < 4.78 is 1.05. The second-order valence-electron chi connectivity index (χ2n) is 3.48. The SMILES string of the molecule is Cc1nc(NC(=O)c2csc(I)c2)c(Cl)cc1Cl. The molecule has 2 rings (SSSR count). The number of nitrogens with zero attached hydrogens (tertiary/aromatic N) is 1. The summed E-state index contributed by atoms with van der Waals surface area (Å²) in [5.41, 5.74) is 1.21. The fourth-order valence-electron chi connectivity index (χ4n) is 1.26. The van der Waals surface area contributed by atoms with Gasteiger partial charge in [0.1, 0.15) is 0 Å². The molecule has 1 N–H and O–H groups in total. The first-order valence-electron chi connectivity index (χ1n) is 4.85. The highest BCUT2D eigenvalue weighted by molar-refractivity contribution is 14.1. The number of carbonyl (C=O) groups is 1. The van der Waals surface area contributed by atoms with Crippen molar-refractivity contribution in [3.05, 3.63) is 41.7 Å². The summed E-state index contributed by atoms with van der Waals surface area (Å²) in [6, 6.07) is 3.37. The summed E-state index contributed by atoms with van der Waals surface area (Å²) in [4.78, 5) is 16.1. The molecule has 2 heterocycles. The molecule has 2 aromatic heterocycles. The molecule has 3 nitrogen and oxygen atoms in total. The third kappa shape index (κ3) is 3.14. The van der Waals surface area contributed by atoms with Crippen LogP contribution in [-0.4, -0.2) is 10.9 Å². The first-order chi connectivity index (χ1) is 8.47. The third-order valence-corrected chi connectivity index (χ3v) is 4.63. The standard InChI is InChI=1S/C11H7Cl2IN2OS/c1-5-7(12)3-8(13)10(15-5)16-11(17)6-2-9(14)18-4-6/h2-4H,1H3,(H,15,16,17). The highest BCUT2D eigenvalue weighted by Gasteiger charge is 2.12. The van der Waals surface area contributed by atoms with Crippen molar-refractivity contribution in [2.45, 2.75) is 6.92 Å². The molecular formula is C11H7Cl2IN2OS. The molecule has 7 heteroatoms. The van der Waals surface area contributed by atoms with E-state index in [4.69, 9.17) is 23.2 Å². The van der Waals surface area contributed by atoms with Crippen molar-refractivity contribution in [2.75, 3.05) is 5.32 Å². The molecule has 0 atom stereocenters. The Morgan fingerprint density at radius 1 is 1.39 bits per heavy atom. The number of thiophene rings is 1. The molecule has 0 radical (unpaired) electrons. The Bertz CT molecular complexity index is 615. The number of aryl methyl sites for hydroxylation is 1. The first-order valence-corrected chi connectivity index (χ1v) is 7.57. The molecule has 0 fully saturated rings. The second-order valence-corrected chi connectivity index (χ2v) is 7.10. The van der Waals surface area contributed by atoms with Crippen LogP contribution in [0.15, 0.2) is 17.5 Å². The number of pyridine rings is 1. The van der Waals surface area contributed by atoms with Crippen LogP contribution in [0.4, 0.5) is 5.82 Å². The molecule has 0 spiro atoms. The molecule has 1 amide bonds. The van der Waals surface area contributed by atoms with Crippen LogP contribution in [0.3, 0.4) is 0 Å². The molecule has 0 aliphatic rings. The Hall–Kier alpha value is -0.370. The van der Waals surface area contributed by atoms with E-state index in [1.54, 1.807) is 24.4 Å². The number of carbonyl (C=O) groups excluding carboxylic acids is 1. The lowest BCUT2D eigenvalue weighted by molar-refractivity contribution is 0.102. The van der Waals surface area contributed by atoms with Crippen molar-refractivity contribution in [3.63, 3.8) is 0 Å². The van der Waals surface area contributed by atoms with E-state index < -0.39 is 0 Å². The predicted octanol–water partition coefficient (Wildman–Crippen LogP) is 4.62. The van der Waals surface area contributed by atoms with Crippen molar-refractivity contribution >= 4 is 68.9 Å². The number of nitrogens with one attached hydrogen (secondary N) is 1. The molecule has 0 saturated heterocycles. The van der Waals surface area contributed by atoms with E-state index in [2.05, 4.69) is 32.9 Å². The quantitative estimate of drug-likeness (QED) is 0.731. The van der Waals surface area contributed by atoms with Gasteiger partial charge in [0.05, 0.1) is 24.2 Å². The maximum absolute atomic E-state index is 11.9. The molecule has 0 bridgehead atoms. The van der Waals surface area contributed by atoms with E-state index in [1.807, 2.05) is 0 Å². The molecule has 94 valence electrons. The minimum Gasteiger partial charge on any atom is -0.305 e. The van der Waals surface area contributed by atoms with Gasteiger partial charge in [-0.1, -0.05) is 23.2 Å². The number of aromatic nitrogens is 1. The molecule has 18 heavy (non-hydrogen) atoms. The van der Waals surface area contributed by atoms with Crippen molar-refractivity contribution < 1.29 is 4.79 Å². The van der Waals surface area contributed by atoms with Gasteiger partial charge < -0.3 is 5.32 Å². The molecule has 0 aliphatic carbocycles. The number of hydrogen-bond acceptors (Lipinski definition) is 3. The number of rotatable bonds is 2. The Kier molecular flexibility index (Phi) is 4.47. The average molecular weight is 413 g/mol. The molecule has 0 unspecified atom stereocenters. The monoisotopic (exact) mass is 412 g/mol. The average Bonchev–Trinajstić information content (AvgIpc) is 2.73. The van der Waals surface area contributed by atoms with E-state index in [0.717, 1.165) is 2.88 Å². The molecule has 0 saturated carbocycles. The van der Waals surface area contributed by atoms with Crippen LogP contribution in [0.25, 0.3) is 0 Å². The fourth-order valence-corrected chi connectivity index (χ4v) is 2.99. The van der Waals surface area contributed by atoms with Gasteiger partial charge >= 0.3 is 0 Å². The van der Waals surface area contributed by atoms with E-state index in [-0.39, 0.29) is 5.91 Å². The summed E-state index contributed by atoms with van der Waals surface area (Å²) >= 11 is 15.5. The lowest BCUT2D eigenvalue weighted by atomic mass is 10.3. The molecule has 0 aromatic carbocycles. The highest BCUT2D eigenvalue weighted by Crippen LogP contribution is 2.26. The van der Waals surface area contributed by atoms with Crippen LogP contribution >= 0.6 is 57.1 Å². The Labute approximate surface area is 132 Å². The maximum Gasteiger partial charge on any atom is 0.257 e. The number of amides is 1. The molecule has 2 aromatic rings. The van der Waals surface area contributed by atoms with Crippen molar-refractivity contribution in [1.82, 2.24) is 4.98 Å². The summed E-state index contributed by atoms with van der Waals surface area (Å²) in [6.07, 6.45) is 0. The highest BCUT2D eigenvalue weighted by atomic mass is 127. The first kappa shape index (κ1) is 14.0. The van der Waals surface area contributed by atoms with Gasteiger partial charge in [-0.2, -0.15) is 0 Å².